The third kappa shape index (κ3) is 3.81. The Morgan fingerprint density at radius 3 is 3.06 bits per heavy atom. The predicted octanol–water partition coefficient (Wildman–Crippen LogP) is 0.685. The second-order valence-corrected chi connectivity index (χ2v) is 4.17. The number of aromatic nitrogens is 4. The van der Waals surface area contributed by atoms with Crippen LogP contribution in [0.25, 0.3) is 0 Å². The highest BCUT2D eigenvalue weighted by Crippen LogP contribution is 2.10. The van der Waals surface area contributed by atoms with Crippen molar-refractivity contribution >= 4 is 17.5 Å². The molecule has 0 fully saturated rings. The van der Waals surface area contributed by atoms with Crippen LogP contribution in [-0.4, -0.2) is 32.7 Å². The normalized spacial score (nSPS) is 10.3. The zero-order chi connectivity index (χ0) is 12.8. The van der Waals surface area contributed by atoms with Crippen LogP contribution >= 0.6 is 11.6 Å². The molecule has 0 unspecified atom stereocenters. The van der Waals surface area contributed by atoms with E-state index < -0.39 is 0 Å². The Bertz CT molecular complexity index is 514. The third-order valence-corrected chi connectivity index (χ3v) is 2.56. The zero-order valence-electron chi connectivity index (χ0n) is 9.58. The molecular formula is C11H12ClN5O. The molecular weight excluding hydrogens is 254 g/mol. The Hall–Kier alpha value is -1.95. The van der Waals surface area contributed by atoms with E-state index in [4.69, 9.17) is 11.6 Å². The van der Waals surface area contributed by atoms with Gasteiger partial charge in [-0.3, -0.25) is 4.79 Å². The summed E-state index contributed by atoms with van der Waals surface area (Å²) in [5.41, 5.74) is 1.09. The van der Waals surface area contributed by atoms with E-state index in [0.717, 1.165) is 12.0 Å². The van der Waals surface area contributed by atoms with Gasteiger partial charge in [0.15, 0.2) is 0 Å². The number of hydrogen-bond acceptors (Lipinski definition) is 4. The smallest absolute Gasteiger partial charge is 0.241 e. The van der Waals surface area contributed by atoms with Gasteiger partial charge in [0.2, 0.25) is 5.91 Å². The molecule has 1 aromatic carbocycles. The minimum Gasteiger partial charge on any atom is -0.354 e. The van der Waals surface area contributed by atoms with Crippen LogP contribution in [0.3, 0.4) is 0 Å². The van der Waals surface area contributed by atoms with Gasteiger partial charge in [-0.1, -0.05) is 23.7 Å². The first-order valence-electron chi connectivity index (χ1n) is 5.46. The molecule has 6 nitrogen and oxygen atoms in total. The van der Waals surface area contributed by atoms with E-state index in [2.05, 4.69) is 20.8 Å². The number of nitrogens with zero attached hydrogens (tertiary/aromatic N) is 4. The summed E-state index contributed by atoms with van der Waals surface area (Å²) in [6, 6.07) is 7.57. The Kier molecular flexibility index (Phi) is 4.25. The van der Waals surface area contributed by atoms with Gasteiger partial charge in [-0.05, 0) is 34.5 Å². The number of halogens is 1. The largest absolute Gasteiger partial charge is 0.354 e. The van der Waals surface area contributed by atoms with Gasteiger partial charge in [-0.2, -0.15) is 0 Å². The summed E-state index contributed by atoms with van der Waals surface area (Å²) in [6.45, 7) is 0.684. The molecule has 0 atom stereocenters. The molecule has 0 aliphatic heterocycles. The van der Waals surface area contributed by atoms with E-state index in [1.54, 1.807) is 0 Å². The molecule has 0 saturated heterocycles. The second-order valence-electron chi connectivity index (χ2n) is 3.74. The van der Waals surface area contributed by atoms with Gasteiger partial charge in [0.1, 0.15) is 12.9 Å². The van der Waals surface area contributed by atoms with Crippen LogP contribution in [-0.2, 0) is 17.8 Å². The van der Waals surface area contributed by atoms with Crippen LogP contribution < -0.4 is 5.32 Å². The molecule has 18 heavy (non-hydrogen) atoms. The number of nitrogens with one attached hydrogen (secondary N) is 1. The molecule has 0 radical (unpaired) electrons. The maximum absolute atomic E-state index is 11.5. The quantitative estimate of drug-likeness (QED) is 0.863. The maximum Gasteiger partial charge on any atom is 0.241 e. The number of carbonyl (C=O) groups excluding carboxylic acids is 1. The number of carbonyl (C=O) groups is 1. The minimum atomic E-state index is -0.121. The van der Waals surface area contributed by atoms with E-state index in [1.165, 1.54) is 11.0 Å². The predicted molar refractivity (Wildman–Crippen MR) is 66.0 cm³/mol. The highest BCUT2D eigenvalue weighted by molar-refractivity contribution is 6.30. The highest BCUT2D eigenvalue weighted by atomic mass is 35.5. The van der Waals surface area contributed by atoms with Crippen molar-refractivity contribution in [2.45, 2.75) is 13.0 Å². The molecule has 1 heterocycles. The lowest BCUT2D eigenvalue weighted by atomic mass is 10.1. The highest BCUT2D eigenvalue weighted by Gasteiger charge is 2.03. The Labute approximate surface area is 109 Å². The van der Waals surface area contributed by atoms with Crippen molar-refractivity contribution in [2.75, 3.05) is 6.54 Å². The first-order chi connectivity index (χ1) is 8.74. The van der Waals surface area contributed by atoms with Gasteiger partial charge in [0.05, 0.1) is 0 Å². The van der Waals surface area contributed by atoms with E-state index in [1.807, 2.05) is 24.3 Å². The lowest BCUT2D eigenvalue weighted by Crippen LogP contribution is -2.29. The summed E-state index contributed by atoms with van der Waals surface area (Å²) in [5, 5.41) is 14.0. The molecule has 2 rings (SSSR count). The van der Waals surface area contributed by atoms with E-state index in [-0.39, 0.29) is 12.5 Å². The number of tetrazole rings is 1. The SMILES string of the molecule is O=C(Cn1cnnn1)NCCc1cccc(Cl)c1. The first-order valence-corrected chi connectivity index (χ1v) is 5.84. The molecule has 1 aromatic heterocycles. The number of rotatable bonds is 5. The van der Waals surface area contributed by atoms with Crippen molar-refractivity contribution in [3.05, 3.63) is 41.2 Å². The molecule has 94 valence electrons. The van der Waals surface area contributed by atoms with Gasteiger partial charge in [0.25, 0.3) is 0 Å². The average molecular weight is 266 g/mol. The van der Waals surface area contributed by atoms with Gasteiger partial charge >= 0.3 is 0 Å². The van der Waals surface area contributed by atoms with Gasteiger partial charge in [-0.25, -0.2) is 4.68 Å². The molecule has 0 aliphatic carbocycles. The van der Waals surface area contributed by atoms with Crippen LogP contribution in [0, 0.1) is 0 Å². The van der Waals surface area contributed by atoms with Crippen molar-refractivity contribution in [3.63, 3.8) is 0 Å². The first kappa shape index (κ1) is 12.5. The third-order valence-electron chi connectivity index (χ3n) is 2.32. The fourth-order valence-electron chi connectivity index (χ4n) is 1.49. The second kappa shape index (κ2) is 6.11. The Morgan fingerprint density at radius 2 is 2.33 bits per heavy atom. The topological polar surface area (TPSA) is 72.7 Å². The molecule has 1 N–H and O–H groups in total. The van der Waals surface area contributed by atoms with Crippen LogP contribution in [0.15, 0.2) is 30.6 Å². The fraction of sp³-hybridized carbons (Fsp3) is 0.273. The van der Waals surface area contributed by atoms with Crippen molar-refractivity contribution in [3.8, 4) is 0 Å². The molecule has 2 aromatic rings. The van der Waals surface area contributed by atoms with Crippen LogP contribution in [0.1, 0.15) is 5.56 Å². The fourth-order valence-corrected chi connectivity index (χ4v) is 1.71. The summed E-state index contributed by atoms with van der Waals surface area (Å²) < 4.78 is 1.37. The van der Waals surface area contributed by atoms with Crippen molar-refractivity contribution in [2.24, 2.45) is 0 Å². The van der Waals surface area contributed by atoms with E-state index in [9.17, 15) is 4.79 Å². The molecule has 0 bridgehead atoms. The van der Waals surface area contributed by atoms with Crippen molar-refractivity contribution < 1.29 is 4.79 Å². The van der Waals surface area contributed by atoms with Gasteiger partial charge in [-0.15, -0.1) is 5.10 Å². The lowest BCUT2D eigenvalue weighted by Gasteiger charge is -2.05. The van der Waals surface area contributed by atoms with Crippen LogP contribution in [0.5, 0.6) is 0 Å². The number of hydrogen-bond donors (Lipinski definition) is 1. The standard InChI is InChI=1S/C11H12ClN5O/c12-10-3-1-2-9(6-10)4-5-13-11(18)7-17-8-14-15-16-17/h1-3,6,8H,4-5,7H2,(H,13,18). The summed E-state index contributed by atoms with van der Waals surface area (Å²) in [7, 11) is 0. The molecule has 0 spiro atoms. The average Bonchev–Trinajstić information content (AvgIpc) is 2.82. The summed E-state index contributed by atoms with van der Waals surface area (Å²) in [6.07, 6.45) is 2.14. The molecule has 0 aliphatic rings. The Morgan fingerprint density at radius 1 is 1.44 bits per heavy atom. The summed E-state index contributed by atoms with van der Waals surface area (Å²) >= 11 is 5.87. The van der Waals surface area contributed by atoms with Crippen molar-refractivity contribution in [1.29, 1.82) is 0 Å². The van der Waals surface area contributed by atoms with Gasteiger partial charge < -0.3 is 5.32 Å². The van der Waals surface area contributed by atoms with Crippen LogP contribution in [0.2, 0.25) is 5.02 Å². The van der Waals surface area contributed by atoms with Gasteiger partial charge in [0, 0.05) is 11.6 Å². The Balaban J connectivity index is 1.73. The molecule has 7 heteroatoms. The minimum absolute atomic E-state index is 0.121. The van der Waals surface area contributed by atoms with Crippen LogP contribution in [0.4, 0.5) is 0 Å². The molecule has 0 saturated carbocycles. The molecule has 1 amide bonds. The summed E-state index contributed by atoms with van der Waals surface area (Å²) in [5.74, 6) is -0.121. The zero-order valence-corrected chi connectivity index (χ0v) is 10.3. The number of benzene rings is 1. The lowest BCUT2D eigenvalue weighted by molar-refractivity contribution is -0.121. The van der Waals surface area contributed by atoms with E-state index in [0.29, 0.717) is 11.6 Å². The van der Waals surface area contributed by atoms with Crippen molar-refractivity contribution in [1.82, 2.24) is 25.5 Å². The van der Waals surface area contributed by atoms with E-state index >= 15 is 0 Å². The summed E-state index contributed by atoms with van der Waals surface area (Å²) in [4.78, 5) is 11.5. The maximum atomic E-state index is 11.5. The monoisotopic (exact) mass is 265 g/mol. The number of amides is 1.